The lowest BCUT2D eigenvalue weighted by atomic mass is 10.0. The van der Waals surface area contributed by atoms with Crippen molar-refractivity contribution in [2.45, 2.75) is 13.5 Å². The number of nitrogens with zero attached hydrogens (tertiary/aromatic N) is 2. The maximum Gasteiger partial charge on any atom is 0.252 e. The Hall–Kier alpha value is -3.24. The third-order valence-corrected chi connectivity index (χ3v) is 4.90. The molecule has 4 aromatic rings. The summed E-state index contributed by atoms with van der Waals surface area (Å²) in [7, 11) is 0. The molecular formula is C23H18ClN3O. The molecule has 0 saturated heterocycles. The summed E-state index contributed by atoms with van der Waals surface area (Å²) < 4.78 is 0. The number of nitrogens with one attached hydrogen (secondary N) is 1. The zero-order chi connectivity index (χ0) is 19.5. The Balaban J connectivity index is 1.74. The molecule has 0 bridgehead atoms. The maximum absolute atomic E-state index is 13.0. The first-order valence-electron chi connectivity index (χ1n) is 8.96. The summed E-state index contributed by atoms with van der Waals surface area (Å²) in [5, 5.41) is 4.42. The van der Waals surface area contributed by atoms with Gasteiger partial charge in [-0.2, -0.15) is 0 Å². The fourth-order valence-electron chi connectivity index (χ4n) is 3.09. The van der Waals surface area contributed by atoms with Crippen LogP contribution in [0.4, 0.5) is 0 Å². The largest absolute Gasteiger partial charge is 0.348 e. The highest BCUT2D eigenvalue weighted by atomic mass is 35.5. The third-order valence-electron chi connectivity index (χ3n) is 4.53. The molecule has 0 fully saturated rings. The van der Waals surface area contributed by atoms with E-state index in [-0.39, 0.29) is 5.91 Å². The topological polar surface area (TPSA) is 54.9 Å². The van der Waals surface area contributed by atoms with Crippen molar-refractivity contribution in [3.8, 4) is 11.4 Å². The molecule has 5 heteroatoms. The van der Waals surface area contributed by atoms with Crippen molar-refractivity contribution in [2.75, 3.05) is 0 Å². The first kappa shape index (κ1) is 18.1. The summed E-state index contributed by atoms with van der Waals surface area (Å²) in [6.07, 6.45) is 1.72. The van der Waals surface area contributed by atoms with Crippen molar-refractivity contribution >= 4 is 28.4 Å². The second-order valence-electron chi connectivity index (χ2n) is 6.56. The summed E-state index contributed by atoms with van der Waals surface area (Å²) in [5.74, 6) is -0.171. The average molecular weight is 388 g/mol. The van der Waals surface area contributed by atoms with Gasteiger partial charge in [0.25, 0.3) is 5.91 Å². The molecule has 0 unspecified atom stereocenters. The maximum atomic E-state index is 13.0. The highest BCUT2D eigenvalue weighted by Gasteiger charge is 2.15. The second kappa shape index (κ2) is 7.79. The second-order valence-corrected chi connectivity index (χ2v) is 6.97. The molecule has 2 aromatic heterocycles. The predicted molar refractivity (Wildman–Crippen MR) is 112 cm³/mol. The number of aromatic nitrogens is 2. The number of halogens is 1. The first-order valence-corrected chi connectivity index (χ1v) is 9.34. The van der Waals surface area contributed by atoms with Crippen LogP contribution in [0.1, 0.15) is 21.5 Å². The molecule has 4 nitrogen and oxygen atoms in total. The third kappa shape index (κ3) is 3.73. The van der Waals surface area contributed by atoms with Gasteiger partial charge in [0.05, 0.1) is 22.5 Å². The Morgan fingerprint density at radius 1 is 1.00 bits per heavy atom. The fraction of sp³-hybridized carbons (Fsp3) is 0.0870. The van der Waals surface area contributed by atoms with Gasteiger partial charge in [-0.05, 0) is 48.9 Å². The van der Waals surface area contributed by atoms with Gasteiger partial charge in [0, 0.05) is 23.2 Å². The molecule has 1 N–H and O–H groups in total. The van der Waals surface area contributed by atoms with Gasteiger partial charge in [-0.25, -0.2) is 4.98 Å². The van der Waals surface area contributed by atoms with Crippen LogP contribution in [0.15, 0.2) is 72.9 Å². The summed E-state index contributed by atoms with van der Waals surface area (Å²) in [6, 6.07) is 20.8. The standard InChI is InChI=1S/C23H18ClN3O/c1-15-9-10-20-17(12-15)18(13-22(27-20)21-8-4-5-11-25-21)23(28)26-14-16-6-2-3-7-19(16)24/h2-13H,14H2,1H3,(H,26,28). The van der Waals surface area contributed by atoms with Crippen LogP contribution in [0.3, 0.4) is 0 Å². The fourth-order valence-corrected chi connectivity index (χ4v) is 3.29. The molecule has 28 heavy (non-hydrogen) atoms. The van der Waals surface area contributed by atoms with Crippen molar-refractivity contribution in [3.05, 3.63) is 94.6 Å². The first-order chi connectivity index (χ1) is 13.6. The SMILES string of the molecule is Cc1ccc2nc(-c3ccccn3)cc(C(=O)NCc3ccccc3Cl)c2c1. The minimum atomic E-state index is -0.171. The number of rotatable bonds is 4. The Bertz CT molecular complexity index is 1160. The monoisotopic (exact) mass is 387 g/mol. The molecule has 2 heterocycles. The van der Waals surface area contributed by atoms with Gasteiger partial charge in [-0.15, -0.1) is 0 Å². The van der Waals surface area contributed by atoms with E-state index in [1.54, 1.807) is 12.3 Å². The van der Waals surface area contributed by atoms with Gasteiger partial charge in [-0.3, -0.25) is 9.78 Å². The smallest absolute Gasteiger partial charge is 0.252 e. The number of pyridine rings is 2. The lowest BCUT2D eigenvalue weighted by Crippen LogP contribution is -2.23. The van der Waals surface area contributed by atoms with Crippen LogP contribution < -0.4 is 5.32 Å². The number of hydrogen-bond acceptors (Lipinski definition) is 3. The van der Waals surface area contributed by atoms with Crippen LogP contribution in [0.25, 0.3) is 22.3 Å². The summed E-state index contributed by atoms with van der Waals surface area (Å²) in [5.41, 5.74) is 4.67. The summed E-state index contributed by atoms with van der Waals surface area (Å²) in [6.45, 7) is 2.35. The molecule has 0 saturated carbocycles. The van der Waals surface area contributed by atoms with Crippen molar-refractivity contribution in [1.29, 1.82) is 0 Å². The highest BCUT2D eigenvalue weighted by molar-refractivity contribution is 6.31. The van der Waals surface area contributed by atoms with Crippen molar-refractivity contribution in [3.63, 3.8) is 0 Å². The summed E-state index contributed by atoms with van der Waals surface area (Å²) >= 11 is 6.21. The van der Waals surface area contributed by atoms with Crippen LogP contribution in [0.2, 0.25) is 5.02 Å². The highest BCUT2D eigenvalue weighted by Crippen LogP contribution is 2.25. The van der Waals surface area contributed by atoms with Crippen molar-refractivity contribution in [1.82, 2.24) is 15.3 Å². The zero-order valence-electron chi connectivity index (χ0n) is 15.3. The van der Waals surface area contributed by atoms with Crippen molar-refractivity contribution in [2.24, 2.45) is 0 Å². The van der Waals surface area contributed by atoms with Crippen LogP contribution in [0, 0.1) is 6.92 Å². The zero-order valence-corrected chi connectivity index (χ0v) is 16.1. The Morgan fingerprint density at radius 3 is 2.61 bits per heavy atom. The van der Waals surface area contributed by atoms with E-state index in [1.165, 1.54) is 0 Å². The van der Waals surface area contributed by atoms with E-state index in [2.05, 4.69) is 10.3 Å². The number of aryl methyl sites for hydroxylation is 1. The van der Waals surface area contributed by atoms with Gasteiger partial charge < -0.3 is 5.32 Å². The molecule has 2 aromatic carbocycles. The molecule has 138 valence electrons. The Morgan fingerprint density at radius 2 is 1.82 bits per heavy atom. The Labute approximate surface area is 168 Å². The van der Waals surface area contributed by atoms with Gasteiger partial charge in [-0.1, -0.05) is 47.5 Å². The van der Waals surface area contributed by atoms with E-state index in [9.17, 15) is 4.79 Å². The van der Waals surface area contributed by atoms with Crippen molar-refractivity contribution < 1.29 is 4.79 Å². The van der Waals surface area contributed by atoms with Crippen LogP contribution in [-0.2, 0) is 6.54 Å². The number of benzene rings is 2. The van der Waals surface area contributed by atoms with E-state index in [0.717, 1.165) is 27.7 Å². The lowest BCUT2D eigenvalue weighted by molar-refractivity contribution is 0.0952. The number of hydrogen-bond donors (Lipinski definition) is 1. The molecule has 0 aliphatic heterocycles. The molecule has 0 atom stereocenters. The van der Waals surface area contributed by atoms with E-state index in [4.69, 9.17) is 16.6 Å². The van der Waals surface area contributed by atoms with Crippen LogP contribution in [-0.4, -0.2) is 15.9 Å². The predicted octanol–water partition coefficient (Wildman–Crippen LogP) is 5.19. The molecular weight excluding hydrogens is 370 g/mol. The number of carbonyl (C=O) groups is 1. The van der Waals surface area contributed by atoms with Crippen LogP contribution in [0.5, 0.6) is 0 Å². The summed E-state index contributed by atoms with van der Waals surface area (Å²) in [4.78, 5) is 22.1. The Kier molecular flexibility index (Phi) is 5.04. The number of fused-ring (bicyclic) bond motifs is 1. The van der Waals surface area contributed by atoms with E-state index >= 15 is 0 Å². The molecule has 0 spiro atoms. The van der Waals surface area contributed by atoms with Gasteiger partial charge in [0.2, 0.25) is 0 Å². The average Bonchev–Trinajstić information content (AvgIpc) is 2.73. The minimum absolute atomic E-state index is 0.171. The van der Waals surface area contributed by atoms with E-state index in [1.807, 2.05) is 67.6 Å². The van der Waals surface area contributed by atoms with Gasteiger partial charge in [0.15, 0.2) is 0 Å². The molecule has 0 radical (unpaired) electrons. The molecule has 1 amide bonds. The number of carbonyl (C=O) groups excluding carboxylic acids is 1. The van der Waals surface area contributed by atoms with E-state index < -0.39 is 0 Å². The van der Waals surface area contributed by atoms with Gasteiger partial charge >= 0.3 is 0 Å². The molecule has 4 rings (SSSR count). The quantitative estimate of drug-likeness (QED) is 0.524. The molecule has 0 aliphatic rings. The van der Waals surface area contributed by atoms with E-state index in [0.29, 0.717) is 22.8 Å². The number of amides is 1. The lowest BCUT2D eigenvalue weighted by Gasteiger charge is -2.11. The normalized spacial score (nSPS) is 10.8. The minimum Gasteiger partial charge on any atom is -0.348 e. The van der Waals surface area contributed by atoms with Gasteiger partial charge in [0.1, 0.15) is 0 Å². The van der Waals surface area contributed by atoms with Crippen LogP contribution >= 0.6 is 11.6 Å². The molecule has 0 aliphatic carbocycles.